The Morgan fingerprint density at radius 2 is 1.96 bits per heavy atom. The Labute approximate surface area is 160 Å². The van der Waals surface area contributed by atoms with Crippen molar-refractivity contribution in [2.24, 2.45) is 5.92 Å². The van der Waals surface area contributed by atoms with Gasteiger partial charge in [-0.25, -0.2) is 0 Å². The molecule has 0 radical (unpaired) electrons. The van der Waals surface area contributed by atoms with Crippen molar-refractivity contribution in [3.8, 4) is 11.8 Å². The fourth-order valence-electron chi connectivity index (χ4n) is 3.99. The molecular formula is C20H25N3O2S. The Bertz CT molecular complexity index is 743. The van der Waals surface area contributed by atoms with E-state index in [2.05, 4.69) is 24.9 Å². The van der Waals surface area contributed by atoms with E-state index in [9.17, 15) is 10.1 Å². The highest BCUT2D eigenvalue weighted by atomic mass is 32.1. The summed E-state index contributed by atoms with van der Waals surface area (Å²) in [6.07, 6.45) is 4.93. The van der Waals surface area contributed by atoms with E-state index in [4.69, 9.17) is 4.74 Å². The van der Waals surface area contributed by atoms with E-state index in [-0.39, 0.29) is 11.5 Å². The summed E-state index contributed by atoms with van der Waals surface area (Å²) in [6.45, 7) is 4.77. The van der Waals surface area contributed by atoms with Crippen molar-refractivity contribution in [2.75, 3.05) is 11.5 Å². The summed E-state index contributed by atoms with van der Waals surface area (Å²) < 4.78 is 5.53. The Hall–Kier alpha value is -2.13. The van der Waals surface area contributed by atoms with E-state index in [0.717, 1.165) is 43.5 Å². The van der Waals surface area contributed by atoms with Crippen LogP contribution in [0.15, 0.2) is 34.9 Å². The van der Waals surface area contributed by atoms with E-state index >= 15 is 0 Å². The number of ether oxygens (including phenoxy) is 1. The summed E-state index contributed by atoms with van der Waals surface area (Å²) in [4.78, 5) is 14.5. The first-order chi connectivity index (χ1) is 12.5. The highest BCUT2D eigenvalue weighted by Gasteiger charge is 2.47. The van der Waals surface area contributed by atoms with Gasteiger partial charge in [0, 0.05) is 5.69 Å². The summed E-state index contributed by atoms with van der Waals surface area (Å²) >= 11 is 4.59. The van der Waals surface area contributed by atoms with Gasteiger partial charge in [0.1, 0.15) is 23.1 Å². The molecule has 5 nitrogen and oxygen atoms in total. The number of hydrogen-bond acceptors (Lipinski definition) is 5. The normalized spacial score (nSPS) is 25.8. The van der Waals surface area contributed by atoms with Crippen LogP contribution in [0.25, 0.3) is 0 Å². The van der Waals surface area contributed by atoms with Gasteiger partial charge in [-0.05, 0) is 62.8 Å². The quantitative estimate of drug-likeness (QED) is 0.786. The van der Waals surface area contributed by atoms with Crippen LogP contribution in [0.3, 0.4) is 0 Å². The molecule has 1 spiro atoms. The lowest BCUT2D eigenvalue weighted by molar-refractivity contribution is -0.120. The Kier molecular flexibility index (Phi) is 5.47. The zero-order valence-corrected chi connectivity index (χ0v) is 16.2. The van der Waals surface area contributed by atoms with Gasteiger partial charge < -0.3 is 15.0 Å². The van der Waals surface area contributed by atoms with Gasteiger partial charge in [0.2, 0.25) is 0 Å². The molecule has 26 heavy (non-hydrogen) atoms. The number of nitrogens with one attached hydrogen (secondary N) is 1. The lowest BCUT2D eigenvalue weighted by atomic mass is 9.78. The molecule has 1 heterocycles. The summed E-state index contributed by atoms with van der Waals surface area (Å²) in [5.74, 6) is 1.16. The zero-order chi connectivity index (χ0) is 18.7. The summed E-state index contributed by atoms with van der Waals surface area (Å²) in [5.41, 5.74) is 0.444. The van der Waals surface area contributed by atoms with E-state index in [1.54, 1.807) is 0 Å². The minimum atomic E-state index is -0.521. The maximum atomic E-state index is 12.5. The number of thiol groups is 1. The lowest BCUT2D eigenvalue weighted by Gasteiger charge is -2.51. The van der Waals surface area contributed by atoms with E-state index < -0.39 is 5.66 Å². The smallest absolute Gasteiger partial charge is 0.266 e. The summed E-state index contributed by atoms with van der Waals surface area (Å²) in [5, 5.41) is 13.0. The molecule has 0 bridgehead atoms. The number of benzene rings is 1. The van der Waals surface area contributed by atoms with Gasteiger partial charge in [-0.2, -0.15) is 5.26 Å². The van der Waals surface area contributed by atoms with Crippen molar-refractivity contribution in [1.29, 1.82) is 5.26 Å². The monoisotopic (exact) mass is 371 g/mol. The minimum Gasteiger partial charge on any atom is -0.494 e. The van der Waals surface area contributed by atoms with E-state index in [1.807, 2.05) is 42.2 Å². The summed E-state index contributed by atoms with van der Waals surface area (Å²) in [6, 6.07) is 9.74. The predicted molar refractivity (Wildman–Crippen MR) is 105 cm³/mol. The molecule has 1 saturated carbocycles. The molecule has 1 fully saturated rings. The molecule has 1 aliphatic carbocycles. The zero-order valence-electron chi connectivity index (χ0n) is 15.3. The van der Waals surface area contributed by atoms with Gasteiger partial charge in [-0.3, -0.25) is 4.79 Å². The van der Waals surface area contributed by atoms with Crippen LogP contribution >= 0.6 is 12.6 Å². The number of rotatable bonds is 4. The molecule has 3 rings (SSSR count). The van der Waals surface area contributed by atoms with Crippen LogP contribution in [-0.2, 0) is 4.79 Å². The molecular weight excluding hydrogens is 346 g/mol. The molecule has 0 saturated heterocycles. The Morgan fingerprint density at radius 1 is 1.31 bits per heavy atom. The van der Waals surface area contributed by atoms with E-state index in [0.29, 0.717) is 17.6 Å². The first-order valence-electron chi connectivity index (χ1n) is 9.23. The topological polar surface area (TPSA) is 65.4 Å². The minimum absolute atomic E-state index is 0.0606. The first kappa shape index (κ1) is 18.7. The average Bonchev–Trinajstić information content (AvgIpc) is 2.64. The first-order valence-corrected chi connectivity index (χ1v) is 9.68. The van der Waals surface area contributed by atoms with Crippen LogP contribution < -0.4 is 15.0 Å². The SMILES string of the molecule is CCOc1ccc(N2C(S)=C(C#N)C(=O)NC23CCC(CC)CC3)cc1. The molecule has 6 heteroatoms. The number of anilines is 1. The fraction of sp³-hybridized carbons (Fsp3) is 0.500. The lowest BCUT2D eigenvalue weighted by Crippen LogP contribution is -2.64. The standard InChI is InChI=1S/C20H25N3O2S/c1-3-14-9-11-20(12-10-14)22-18(24)17(13-21)19(26)23(20)15-5-7-16(8-6-15)25-4-2/h5-8,14,26H,3-4,9-12H2,1-2H3,(H,22,24). The second-order valence-corrected chi connectivity index (χ2v) is 7.33. The second kappa shape index (κ2) is 7.63. The van der Waals surface area contributed by atoms with Crippen molar-refractivity contribution in [1.82, 2.24) is 5.32 Å². The fourth-order valence-corrected chi connectivity index (χ4v) is 4.44. The van der Waals surface area contributed by atoms with Crippen LogP contribution in [0, 0.1) is 17.2 Å². The van der Waals surface area contributed by atoms with Gasteiger partial charge in [-0.15, -0.1) is 12.6 Å². The van der Waals surface area contributed by atoms with Crippen molar-refractivity contribution >= 4 is 24.2 Å². The van der Waals surface area contributed by atoms with Gasteiger partial charge in [-0.1, -0.05) is 13.3 Å². The van der Waals surface area contributed by atoms with Crippen molar-refractivity contribution in [2.45, 2.75) is 51.6 Å². The van der Waals surface area contributed by atoms with E-state index in [1.165, 1.54) is 0 Å². The van der Waals surface area contributed by atoms with Gasteiger partial charge in [0.05, 0.1) is 11.6 Å². The highest BCUT2D eigenvalue weighted by molar-refractivity contribution is 7.84. The Morgan fingerprint density at radius 3 is 2.50 bits per heavy atom. The third-order valence-electron chi connectivity index (χ3n) is 5.46. The Balaban J connectivity index is 2.02. The van der Waals surface area contributed by atoms with Crippen molar-refractivity contribution < 1.29 is 9.53 Å². The predicted octanol–water partition coefficient (Wildman–Crippen LogP) is 3.98. The largest absolute Gasteiger partial charge is 0.494 e. The molecule has 0 atom stereocenters. The van der Waals surface area contributed by atoms with Crippen LogP contribution in [0.2, 0.25) is 0 Å². The molecule has 1 aromatic rings. The number of hydrogen-bond donors (Lipinski definition) is 2. The number of carbonyl (C=O) groups is 1. The molecule has 1 N–H and O–H groups in total. The van der Waals surface area contributed by atoms with Crippen molar-refractivity contribution in [3.05, 3.63) is 34.9 Å². The number of carbonyl (C=O) groups excluding carboxylic acids is 1. The molecule has 1 aromatic carbocycles. The molecule has 0 unspecified atom stereocenters. The van der Waals surface area contributed by atoms with Crippen LogP contribution in [-0.4, -0.2) is 18.2 Å². The average molecular weight is 372 g/mol. The number of nitriles is 1. The molecule has 1 amide bonds. The number of amides is 1. The van der Waals surface area contributed by atoms with Crippen LogP contribution in [0.1, 0.15) is 46.0 Å². The summed E-state index contributed by atoms with van der Waals surface area (Å²) in [7, 11) is 0. The van der Waals surface area contributed by atoms with Crippen LogP contribution in [0.5, 0.6) is 5.75 Å². The van der Waals surface area contributed by atoms with Gasteiger partial charge >= 0.3 is 0 Å². The second-order valence-electron chi connectivity index (χ2n) is 6.91. The van der Waals surface area contributed by atoms with Gasteiger partial charge in [0.25, 0.3) is 5.91 Å². The third-order valence-corrected chi connectivity index (χ3v) is 5.89. The molecule has 2 aliphatic rings. The highest BCUT2D eigenvalue weighted by Crippen LogP contribution is 2.44. The maximum absolute atomic E-state index is 12.5. The third kappa shape index (κ3) is 3.28. The molecule has 1 aliphatic heterocycles. The van der Waals surface area contributed by atoms with Crippen molar-refractivity contribution in [3.63, 3.8) is 0 Å². The maximum Gasteiger partial charge on any atom is 0.266 e. The number of nitrogens with zero attached hydrogens (tertiary/aromatic N) is 2. The van der Waals surface area contributed by atoms with Crippen LogP contribution in [0.4, 0.5) is 5.69 Å². The molecule has 0 aromatic heterocycles. The molecule has 138 valence electrons. The van der Waals surface area contributed by atoms with Gasteiger partial charge in [0.15, 0.2) is 0 Å².